The van der Waals surface area contributed by atoms with Gasteiger partial charge in [-0.15, -0.1) is 0 Å². The van der Waals surface area contributed by atoms with Gasteiger partial charge < -0.3 is 19.9 Å². The van der Waals surface area contributed by atoms with E-state index < -0.39 is 0 Å². The molecule has 0 spiro atoms. The molecule has 2 N–H and O–H groups in total. The average molecular weight is 408 g/mol. The normalized spacial score (nSPS) is 15.1. The summed E-state index contributed by atoms with van der Waals surface area (Å²) >= 11 is 0. The van der Waals surface area contributed by atoms with Gasteiger partial charge in [0.05, 0.1) is 30.5 Å². The molecule has 0 atom stereocenters. The molecular weight excluding hydrogens is 384 g/mol. The van der Waals surface area contributed by atoms with E-state index in [1.54, 1.807) is 6.33 Å². The Bertz CT molecular complexity index is 1180. The zero-order valence-electron chi connectivity index (χ0n) is 17.1. The lowest BCUT2D eigenvalue weighted by molar-refractivity contribution is 0.0361. The van der Waals surface area contributed by atoms with Gasteiger partial charge in [-0.2, -0.15) is 5.10 Å². The van der Waals surface area contributed by atoms with Crippen molar-refractivity contribution in [3.05, 3.63) is 24.5 Å². The fraction of sp³-hybridized carbons (Fsp3) is 0.400. The lowest BCUT2D eigenvalue weighted by Crippen LogP contribution is -2.38. The predicted octanol–water partition coefficient (Wildman–Crippen LogP) is 2.05. The SMILES string of the molecule is CNc1noc2ccc(-c3nn(CCN4CCOCC4)c4ncnc(NC)c34)cc12. The van der Waals surface area contributed by atoms with Gasteiger partial charge in [0.2, 0.25) is 0 Å². The molecule has 0 saturated carbocycles. The fourth-order valence-electron chi connectivity index (χ4n) is 3.88. The quantitative estimate of drug-likeness (QED) is 0.496. The van der Waals surface area contributed by atoms with Crippen molar-refractivity contribution >= 4 is 33.6 Å². The first-order chi connectivity index (χ1) is 14.8. The minimum absolute atomic E-state index is 0.702. The van der Waals surface area contributed by atoms with Gasteiger partial charge in [0.15, 0.2) is 17.0 Å². The van der Waals surface area contributed by atoms with Crippen LogP contribution in [-0.2, 0) is 11.3 Å². The maximum Gasteiger partial charge on any atom is 0.177 e. The van der Waals surface area contributed by atoms with E-state index in [2.05, 4.69) is 30.7 Å². The van der Waals surface area contributed by atoms with Gasteiger partial charge in [0.1, 0.15) is 17.8 Å². The summed E-state index contributed by atoms with van der Waals surface area (Å²) in [7, 11) is 3.69. The molecule has 1 aliphatic heterocycles. The first-order valence-corrected chi connectivity index (χ1v) is 10.1. The monoisotopic (exact) mass is 408 g/mol. The fourth-order valence-corrected chi connectivity index (χ4v) is 3.88. The number of ether oxygens (including phenoxy) is 1. The molecule has 0 radical (unpaired) electrons. The molecule has 4 aromatic rings. The number of benzene rings is 1. The summed E-state index contributed by atoms with van der Waals surface area (Å²) in [6.07, 6.45) is 1.58. The first kappa shape index (κ1) is 18.8. The van der Waals surface area contributed by atoms with Crippen molar-refractivity contribution in [1.82, 2.24) is 29.8 Å². The van der Waals surface area contributed by atoms with Gasteiger partial charge >= 0.3 is 0 Å². The minimum Gasteiger partial charge on any atom is -0.379 e. The molecule has 156 valence electrons. The van der Waals surface area contributed by atoms with Crippen LogP contribution in [0.3, 0.4) is 0 Å². The van der Waals surface area contributed by atoms with E-state index in [9.17, 15) is 0 Å². The molecule has 0 amide bonds. The van der Waals surface area contributed by atoms with Gasteiger partial charge in [-0.25, -0.2) is 14.6 Å². The topological polar surface area (TPSA) is 106 Å². The van der Waals surface area contributed by atoms with Crippen LogP contribution in [0.5, 0.6) is 0 Å². The highest BCUT2D eigenvalue weighted by Gasteiger charge is 2.20. The maximum atomic E-state index is 5.45. The molecule has 3 aromatic heterocycles. The third kappa shape index (κ3) is 3.23. The van der Waals surface area contributed by atoms with Crippen LogP contribution in [0.25, 0.3) is 33.3 Å². The number of aromatic nitrogens is 5. The Labute approximate surface area is 173 Å². The summed E-state index contributed by atoms with van der Waals surface area (Å²) in [5.41, 5.74) is 3.34. The number of morpholine rings is 1. The van der Waals surface area contributed by atoms with Gasteiger partial charge in [0.25, 0.3) is 0 Å². The van der Waals surface area contributed by atoms with Gasteiger partial charge in [0, 0.05) is 39.3 Å². The van der Waals surface area contributed by atoms with Gasteiger partial charge in [-0.3, -0.25) is 4.90 Å². The summed E-state index contributed by atoms with van der Waals surface area (Å²) in [6.45, 7) is 5.09. The second-order valence-corrected chi connectivity index (χ2v) is 7.19. The second-order valence-electron chi connectivity index (χ2n) is 7.19. The van der Waals surface area contributed by atoms with Crippen LogP contribution in [0.15, 0.2) is 29.0 Å². The van der Waals surface area contributed by atoms with Gasteiger partial charge in [-0.05, 0) is 18.2 Å². The number of nitrogens with one attached hydrogen (secondary N) is 2. The van der Waals surface area contributed by atoms with Crippen LogP contribution in [0.2, 0.25) is 0 Å². The van der Waals surface area contributed by atoms with E-state index in [1.807, 2.05) is 37.0 Å². The molecule has 4 heterocycles. The zero-order chi connectivity index (χ0) is 20.5. The Morgan fingerprint density at radius 1 is 1.03 bits per heavy atom. The smallest absolute Gasteiger partial charge is 0.177 e. The Balaban J connectivity index is 1.58. The summed E-state index contributed by atoms with van der Waals surface area (Å²) in [5, 5.41) is 17.1. The molecule has 0 aliphatic carbocycles. The predicted molar refractivity (Wildman–Crippen MR) is 115 cm³/mol. The minimum atomic E-state index is 0.702. The molecule has 1 aliphatic rings. The standard InChI is InChI=1S/C20H24N8O2/c1-21-18-14-11-13(3-4-15(14)30-26-18)17-16-19(22-2)23-12-24-20(16)28(25-17)6-5-27-7-9-29-10-8-27/h3-4,11-12H,5-10H2,1-2H3,(H,21,26)(H,22,23,24). The molecule has 10 nitrogen and oxygen atoms in total. The zero-order valence-corrected chi connectivity index (χ0v) is 17.1. The lowest BCUT2D eigenvalue weighted by atomic mass is 10.1. The molecule has 1 saturated heterocycles. The largest absolute Gasteiger partial charge is 0.379 e. The molecule has 10 heteroatoms. The number of rotatable bonds is 6. The van der Waals surface area contributed by atoms with E-state index in [1.165, 1.54) is 0 Å². The highest BCUT2D eigenvalue weighted by atomic mass is 16.5. The lowest BCUT2D eigenvalue weighted by Gasteiger charge is -2.26. The van der Waals surface area contributed by atoms with Crippen molar-refractivity contribution in [2.24, 2.45) is 0 Å². The van der Waals surface area contributed by atoms with E-state index in [0.717, 1.165) is 78.5 Å². The van der Waals surface area contributed by atoms with Crippen LogP contribution in [0.1, 0.15) is 0 Å². The van der Waals surface area contributed by atoms with E-state index in [4.69, 9.17) is 14.4 Å². The number of anilines is 2. The van der Waals surface area contributed by atoms with E-state index in [0.29, 0.717) is 5.82 Å². The van der Waals surface area contributed by atoms with Crippen molar-refractivity contribution in [2.45, 2.75) is 6.54 Å². The highest BCUT2D eigenvalue weighted by Crippen LogP contribution is 2.34. The van der Waals surface area contributed by atoms with Crippen molar-refractivity contribution < 1.29 is 9.26 Å². The number of hydrogen-bond acceptors (Lipinski definition) is 9. The maximum absolute atomic E-state index is 5.45. The van der Waals surface area contributed by atoms with E-state index >= 15 is 0 Å². The van der Waals surface area contributed by atoms with Crippen LogP contribution in [0, 0.1) is 0 Å². The second kappa shape index (κ2) is 7.88. The highest BCUT2D eigenvalue weighted by molar-refractivity contribution is 6.01. The summed E-state index contributed by atoms with van der Waals surface area (Å²) in [4.78, 5) is 11.4. The Morgan fingerprint density at radius 3 is 2.67 bits per heavy atom. The number of fused-ring (bicyclic) bond motifs is 2. The average Bonchev–Trinajstić information content (AvgIpc) is 3.39. The van der Waals surface area contributed by atoms with Crippen LogP contribution in [0.4, 0.5) is 11.6 Å². The summed E-state index contributed by atoms with van der Waals surface area (Å²) in [5.74, 6) is 1.46. The number of hydrogen-bond donors (Lipinski definition) is 2. The van der Waals surface area contributed by atoms with Gasteiger partial charge in [-0.1, -0.05) is 5.16 Å². The third-order valence-corrected chi connectivity index (χ3v) is 5.48. The summed E-state index contributed by atoms with van der Waals surface area (Å²) < 4.78 is 12.8. The molecule has 1 aromatic carbocycles. The Hall–Kier alpha value is -3.24. The molecular formula is C20H24N8O2. The van der Waals surface area contributed by atoms with Crippen LogP contribution >= 0.6 is 0 Å². The van der Waals surface area contributed by atoms with Crippen molar-refractivity contribution in [1.29, 1.82) is 0 Å². The van der Waals surface area contributed by atoms with Crippen molar-refractivity contribution in [3.63, 3.8) is 0 Å². The Morgan fingerprint density at radius 2 is 1.87 bits per heavy atom. The van der Waals surface area contributed by atoms with Crippen molar-refractivity contribution in [3.8, 4) is 11.3 Å². The first-order valence-electron chi connectivity index (χ1n) is 10.1. The Kier molecular flexibility index (Phi) is 4.93. The van der Waals surface area contributed by atoms with Crippen LogP contribution < -0.4 is 10.6 Å². The third-order valence-electron chi connectivity index (χ3n) is 5.48. The van der Waals surface area contributed by atoms with Crippen LogP contribution in [-0.4, -0.2) is 76.7 Å². The molecule has 30 heavy (non-hydrogen) atoms. The molecule has 5 rings (SSSR count). The molecule has 0 bridgehead atoms. The number of nitrogens with zero attached hydrogens (tertiary/aromatic N) is 6. The molecule has 0 unspecified atom stereocenters. The summed E-state index contributed by atoms with van der Waals surface area (Å²) in [6, 6.07) is 5.95. The van der Waals surface area contributed by atoms with Crippen molar-refractivity contribution in [2.75, 3.05) is 57.6 Å². The van der Waals surface area contributed by atoms with E-state index in [-0.39, 0.29) is 0 Å². The molecule has 1 fully saturated rings.